The Hall–Kier alpha value is -2.60. The number of aromatic nitrogens is 4. The van der Waals surface area contributed by atoms with Crippen molar-refractivity contribution in [3.8, 4) is 10.6 Å². The number of aryl methyl sites for hydroxylation is 1. The SMILES string of the molecule is Cc1nc2ccccc2c2nc(=O)c(-c3cccs3)nn12. The molecule has 0 bridgehead atoms. The van der Waals surface area contributed by atoms with Crippen LogP contribution in [0.3, 0.4) is 0 Å². The lowest BCUT2D eigenvalue weighted by atomic mass is 10.2. The van der Waals surface area contributed by atoms with Gasteiger partial charge in [-0.25, -0.2) is 4.98 Å². The summed E-state index contributed by atoms with van der Waals surface area (Å²) < 4.78 is 1.64. The fourth-order valence-electron chi connectivity index (χ4n) is 2.34. The number of thiophene rings is 1. The van der Waals surface area contributed by atoms with E-state index in [0.717, 1.165) is 15.8 Å². The van der Waals surface area contributed by atoms with E-state index in [4.69, 9.17) is 0 Å². The number of nitrogens with zero attached hydrogens (tertiary/aromatic N) is 4. The van der Waals surface area contributed by atoms with E-state index < -0.39 is 0 Å². The third-order valence-corrected chi connectivity index (χ3v) is 4.18. The maximum atomic E-state index is 12.3. The molecular formula is C15H10N4OS. The quantitative estimate of drug-likeness (QED) is 0.506. The molecule has 0 aliphatic rings. The standard InChI is InChI=1S/C15H10N4OS/c1-9-16-11-6-3-2-5-10(11)14-17-15(20)13(18-19(9)14)12-7-4-8-21-12/h2-8H,1H3. The van der Waals surface area contributed by atoms with E-state index in [1.807, 2.05) is 48.7 Å². The second-order valence-electron chi connectivity index (χ2n) is 4.65. The molecule has 0 spiro atoms. The zero-order valence-electron chi connectivity index (χ0n) is 11.1. The summed E-state index contributed by atoms with van der Waals surface area (Å²) in [7, 11) is 0. The molecule has 0 saturated carbocycles. The van der Waals surface area contributed by atoms with Crippen LogP contribution in [0.25, 0.3) is 27.1 Å². The molecule has 1 aromatic carbocycles. The average Bonchev–Trinajstić information content (AvgIpc) is 3.01. The van der Waals surface area contributed by atoms with Gasteiger partial charge in [0.05, 0.1) is 10.4 Å². The normalized spacial score (nSPS) is 11.3. The Morgan fingerprint density at radius 1 is 1.10 bits per heavy atom. The molecule has 0 fully saturated rings. The molecule has 6 heteroatoms. The fraction of sp³-hybridized carbons (Fsp3) is 0.0667. The molecule has 0 unspecified atom stereocenters. The molecule has 0 aliphatic carbocycles. The lowest BCUT2D eigenvalue weighted by Crippen LogP contribution is -2.17. The van der Waals surface area contributed by atoms with Crippen LogP contribution in [-0.4, -0.2) is 19.6 Å². The smallest absolute Gasteiger partial charge is 0.265 e. The number of rotatable bonds is 1. The molecule has 4 aromatic rings. The van der Waals surface area contributed by atoms with Gasteiger partial charge in [0.2, 0.25) is 0 Å². The van der Waals surface area contributed by atoms with E-state index in [-0.39, 0.29) is 5.56 Å². The minimum Gasteiger partial charge on any atom is -0.265 e. The van der Waals surface area contributed by atoms with Gasteiger partial charge in [0.15, 0.2) is 11.3 Å². The maximum absolute atomic E-state index is 12.3. The minimum absolute atomic E-state index is 0.312. The molecule has 3 aromatic heterocycles. The van der Waals surface area contributed by atoms with Crippen molar-refractivity contribution in [1.82, 2.24) is 19.6 Å². The fourth-order valence-corrected chi connectivity index (χ4v) is 3.04. The topological polar surface area (TPSA) is 60.2 Å². The van der Waals surface area contributed by atoms with Crippen LogP contribution in [-0.2, 0) is 0 Å². The first-order valence-electron chi connectivity index (χ1n) is 6.44. The Morgan fingerprint density at radius 3 is 2.76 bits per heavy atom. The van der Waals surface area contributed by atoms with Crippen molar-refractivity contribution in [3.05, 3.63) is 58.0 Å². The van der Waals surface area contributed by atoms with E-state index in [9.17, 15) is 4.79 Å². The van der Waals surface area contributed by atoms with Crippen LogP contribution in [0.15, 0.2) is 46.6 Å². The summed E-state index contributed by atoms with van der Waals surface area (Å²) in [5.41, 5.74) is 1.41. The van der Waals surface area contributed by atoms with Gasteiger partial charge in [0.25, 0.3) is 0 Å². The van der Waals surface area contributed by atoms with E-state index in [0.29, 0.717) is 17.2 Å². The predicted octanol–water partition coefficient (Wildman–Crippen LogP) is 2.67. The van der Waals surface area contributed by atoms with Gasteiger partial charge < -0.3 is 0 Å². The van der Waals surface area contributed by atoms with Crippen LogP contribution in [0.4, 0.5) is 0 Å². The minimum atomic E-state index is -0.312. The first-order chi connectivity index (χ1) is 10.2. The Balaban J connectivity index is 2.16. The summed E-state index contributed by atoms with van der Waals surface area (Å²) >= 11 is 1.47. The molecule has 0 saturated heterocycles. The molecule has 4 rings (SSSR count). The van der Waals surface area contributed by atoms with Crippen LogP contribution < -0.4 is 5.56 Å². The lowest BCUT2D eigenvalue weighted by molar-refractivity contribution is 0.829. The van der Waals surface area contributed by atoms with Gasteiger partial charge >= 0.3 is 5.56 Å². The largest absolute Gasteiger partial charge is 0.300 e. The molecule has 102 valence electrons. The van der Waals surface area contributed by atoms with Crippen LogP contribution in [0, 0.1) is 6.92 Å². The molecule has 0 atom stereocenters. The van der Waals surface area contributed by atoms with Crippen molar-refractivity contribution >= 4 is 27.9 Å². The number of para-hydroxylation sites is 1. The molecule has 5 nitrogen and oxygen atoms in total. The first kappa shape index (κ1) is 12.2. The van der Waals surface area contributed by atoms with Gasteiger partial charge in [-0.05, 0) is 30.5 Å². The Morgan fingerprint density at radius 2 is 1.95 bits per heavy atom. The third-order valence-electron chi connectivity index (χ3n) is 3.30. The van der Waals surface area contributed by atoms with Crippen molar-refractivity contribution in [1.29, 1.82) is 0 Å². The highest BCUT2D eigenvalue weighted by Gasteiger charge is 2.13. The summed E-state index contributed by atoms with van der Waals surface area (Å²) in [5.74, 6) is 0.703. The van der Waals surface area contributed by atoms with Crippen LogP contribution >= 0.6 is 11.3 Å². The number of hydrogen-bond donors (Lipinski definition) is 0. The number of benzene rings is 1. The second kappa shape index (κ2) is 4.46. The average molecular weight is 294 g/mol. The first-order valence-corrected chi connectivity index (χ1v) is 7.32. The second-order valence-corrected chi connectivity index (χ2v) is 5.60. The van der Waals surface area contributed by atoms with E-state index in [1.165, 1.54) is 11.3 Å². The van der Waals surface area contributed by atoms with Crippen molar-refractivity contribution in [2.24, 2.45) is 0 Å². The summed E-state index contributed by atoms with van der Waals surface area (Å²) in [6, 6.07) is 11.4. The molecule has 0 N–H and O–H groups in total. The third kappa shape index (κ3) is 1.84. The van der Waals surface area contributed by atoms with Crippen LogP contribution in [0.1, 0.15) is 5.82 Å². The molecular weight excluding hydrogens is 284 g/mol. The van der Waals surface area contributed by atoms with Gasteiger partial charge in [-0.15, -0.1) is 11.3 Å². The molecule has 0 amide bonds. The summed E-state index contributed by atoms with van der Waals surface area (Å²) in [4.78, 5) is 21.9. The van der Waals surface area contributed by atoms with Crippen molar-refractivity contribution in [3.63, 3.8) is 0 Å². The monoisotopic (exact) mass is 294 g/mol. The number of fused-ring (bicyclic) bond motifs is 3. The van der Waals surface area contributed by atoms with Gasteiger partial charge in [0, 0.05) is 5.39 Å². The zero-order chi connectivity index (χ0) is 14.4. The van der Waals surface area contributed by atoms with Gasteiger partial charge in [-0.2, -0.15) is 14.6 Å². The van der Waals surface area contributed by atoms with E-state index in [2.05, 4.69) is 15.1 Å². The highest BCUT2D eigenvalue weighted by Crippen LogP contribution is 2.21. The summed E-state index contributed by atoms with van der Waals surface area (Å²) in [6.45, 7) is 1.86. The van der Waals surface area contributed by atoms with Gasteiger partial charge in [-0.1, -0.05) is 18.2 Å². The molecule has 3 heterocycles. The highest BCUT2D eigenvalue weighted by molar-refractivity contribution is 7.13. The van der Waals surface area contributed by atoms with Crippen LogP contribution in [0.2, 0.25) is 0 Å². The molecule has 0 aliphatic heterocycles. The van der Waals surface area contributed by atoms with Crippen molar-refractivity contribution in [2.45, 2.75) is 6.92 Å². The zero-order valence-corrected chi connectivity index (χ0v) is 12.0. The highest BCUT2D eigenvalue weighted by atomic mass is 32.1. The van der Waals surface area contributed by atoms with Crippen molar-refractivity contribution in [2.75, 3.05) is 0 Å². The summed E-state index contributed by atoms with van der Waals surface area (Å²) in [6.07, 6.45) is 0. The van der Waals surface area contributed by atoms with E-state index >= 15 is 0 Å². The maximum Gasteiger partial charge on any atom is 0.300 e. The summed E-state index contributed by atoms with van der Waals surface area (Å²) in [5, 5.41) is 7.19. The Kier molecular flexibility index (Phi) is 2.58. The number of hydrogen-bond acceptors (Lipinski definition) is 5. The van der Waals surface area contributed by atoms with E-state index in [1.54, 1.807) is 4.52 Å². The predicted molar refractivity (Wildman–Crippen MR) is 82.6 cm³/mol. The lowest BCUT2D eigenvalue weighted by Gasteiger charge is -2.07. The molecule has 21 heavy (non-hydrogen) atoms. The molecule has 0 radical (unpaired) electrons. The van der Waals surface area contributed by atoms with Gasteiger partial charge in [0.1, 0.15) is 5.82 Å². The van der Waals surface area contributed by atoms with Crippen molar-refractivity contribution < 1.29 is 0 Å². The Labute approximate surface area is 123 Å². The Bertz CT molecular complexity index is 1020. The van der Waals surface area contributed by atoms with Crippen LogP contribution in [0.5, 0.6) is 0 Å². The van der Waals surface area contributed by atoms with Gasteiger partial charge in [-0.3, -0.25) is 4.79 Å².